The van der Waals surface area contributed by atoms with Gasteiger partial charge in [0.1, 0.15) is 6.61 Å². The summed E-state index contributed by atoms with van der Waals surface area (Å²) in [4.78, 5) is 25.4. The third-order valence-corrected chi connectivity index (χ3v) is 10.9. The molecule has 0 aliphatic carbocycles. The van der Waals surface area contributed by atoms with Crippen molar-refractivity contribution < 1.29 is 23.8 Å². The molecule has 5 nitrogen and oxygen atoms in total. The Hall–Kier alpha value is -4.22. The molecular weight excluding hydrogens is 837 g/mol. The zero-order valence-electron chi connectivity index (χ0n) is 43.8. The molecule has 0 amide bonds. The summed E-state index contributed by atoms with van der Waals surface area (Å²) < 4.78 is 17.3. The molecule has 5 heteroatoms. The number of esters is 2. The number of carbonyl (C=O) groups is 2. The summed E-state index contributed by atoms with van der Waals surface area (Å²) >= 11 is 0. The maximum absolute atomic E-state index is 12.8. The van der Waals surface area contributed by atoms with Crippen molar-refractivity contribution in [2.24, 2.45) is 0 Å². The summed E-state index contributed by atoms with van der Waals surface area (Å²) in [5.74, 6) is -0.577. The van der Waals surface area contributed by atoms with Crippen LogP contribution in [-0.2, 0) is 23.8 Å². The highest BCUT2D eigenvalue weighted by atomic mass is 16.6. The molecule has 0 bridgehead atoms. The molecule has 0 fully saturated rings. The van der Waals surface area contributed by atoms with E-state index in [4.69, 9.17) is 14.2 Å². The Bertz CT molecular complexity index is 1480. The largest absolute Gasteiger partial charge is 0.462 e. The van der Waals surface area contributed by atoms with Crippen LogP contribution < -0.4 is 0 Å². The van der Waals surface area contributed by atoms with Gasteiger partial charge in [-0.05, 0) is 122 Å². The molecule has 0 aromatic rings. The van der Waals surface area contributed by atoms with Crippen molar-refractivity contribution in [3.8, 4) is 0 Å². The Morgan fingerprint density at radius 3 is 1.13 bits per heavy atom. The molecule has 0 N–H and O–H groups in total. The van der Waals surface area contributed by atoms with Crippen molar-refractivity contribution in [1.29, 1.82) is 0 Å². The fourth-order valence-corrected chi connectivity index (χ4v) is 6.88. The van der Waals surface area contributed by atoms with E-state index in [0.717, 1.165) is 128 Å². The van der Waals surface area contributed by atoms with Gasteiger partial charge in [-0.15, -0.1) is 0 Å². The molecule has 0 spiro atoms. The van der Waals surface area contributed by atoms with Crippen LogP contribution >= 0.6 is 0 Å². The van der Waals surface area contributed by atoms with Gasteiger partial charge in [-0.25, -0.2) is 0 Å². The number of hydrogen-bond acceptors (Lipinski definition) is 5. The molecule has 1 atom stereocenters. The van der Waals surface area contributed by atoms with Crippen LogP contribution in [0.3, 0.4) is 0 Å². The third-order valence-electron chi connectivity index (χ3n) is 10.9. The molecule has 0 aliphatic heterocycles. The molecule has 68 heavy (non-hydrogen) atoms. The molecule has 0 aromatic carbocycles. The van der Waals surface area contributed by atoms with E-state index < -0.39 is 6.10 Å². The first-order chi connectivity index (χ1) is 33.6. The van der Waals surface area contributed by atoms with E-state index in [2.05, 4.69) is 154 Å². The van der Waals surface area contributed by atoms with Gasteiger partial charge in [0.25, 0.3) is 0 Å². The van der Waals surface area contributed by atoms with Gasteiger partial charge in [0, 0.05) is 13.0 Å². The van der Waals surface area contributed by atoms with E-state index in [0.29, 0.717) is 13.0 Å². The van der Waals surface area contributed by atoms with E-state index in [9.17, 15) is 9.59 Å². The van der Waals surface area contributed by atoms with Crippen LogP contribution in [0.4, 0.5) is 0 Å². The van der Waals surface area contributed by atoms with Gasteiger partial charge >= 0.3 is 11.9 Å². The summed E-state index contributed by atoms with van der Waals surface area (Å²) in [5, 5.41) is 0. The van der Waals surface area contributed by atoms with E-state index in [1.54, 1.807) is 0 Å². The smallest absolute Gasteiger partial charge is 0.310 e. The lowest BCUT2D eigenvalue weighted by Crippen LogP contribution is -2.29. The molecule has 0 aliphatic rings. The number of hydrogen-bond donors (Lipinski definition) is 0. The lowest BCUT2D eigenvalue weighted by Gasteiger charge is -2.18. The predicted octanol–water partition coefficient (Wildman–Crippen LogP) is 18.9. The highest BCUT2D eigenvalue weighted by Crippen LogP contribution is 2.12. The minimum absolute atomic E-state index is 0.0210. The molecule has 0 heterocycles. The molecule has 0 rings (SSSR count). The minimum atomic E-state index is -0.619. The number of allylic oxidation sites excluding steroid dienone is 23. The van der Waals surface area contributed by atoms with Crippen molar-refractivity contribution in [3.63, 3.8) is 0 Å². The van der Waals surface area contributed by atoms with Gasteiger partial charge in [-0.2, -0.15) is 0 Å². The van der Waals surface area contributed by atoms with Gasteiger partial charge in [0.05, 0.1) is 13.0 Å². The number of rotatable bonds is 48. The second-order valence-corrected chi connectivity index (χ2v) is 17.4. The zero-order chi connectivity index (χ0) is 49.2. The van der Waals surface area contributed by atoms with E-state index in [1.807, 2.05) is 12.2 Å². The van der Waals surface area contributed by atoms with Gasteiger partial charge < -0.3 is 14.2 Å². The highest BCUT2D eigenvalue weighted by molar-refractivity contribution is 5.71. The third kappa shape index (κ3) is 54.4. The van der Waals surface area contributed by atoms with Gasteiger partial charge in [0.15, 0.2) is 6.10 Å². The molecule has 0 radical (unpaired) electrons. The molecule has 0 aromatic heterocycles. The summed E-state index contributed by atoms with van der Waals surface area (Å²) in [6.07, 6.45) is 83.1. The van der Waals surface area contributed by atoms with Crippen molar-refractivity contribution in [3.05, 3.63) is 146 Å². The van der Waals surface area contributed by atoms with Crippen LogP contribution in [0, 0.1) is 0 Å². The Morgan fingerprint density at radius 2 is 0.706 bits per heavy atom. The highest BCUT2D eigenvalue weighted by Gasteiger charge is 2.17. The molecule has 0 saturated carbocycles. The maximum Gasteiger partial charge on any atom is 0.310 e. The van der Waals surface area contributed by atoms with E-state index in [1.165, 1.54) is 51.4 Å². The second kappa shape index (κ2) is 57.1. The standard InChI is InChI=1S/C63H100O5/c1-4-7-10-13-16-19-22-25-28-30-31-32-34-37-40-43-46-49-52-55-58-66-59-61(68-63(65)57-54-51-48-45-42-39-35-27-24-21-18-15-12-9-6-3)60-67-62(64)56-53-50-47-44-41-38-36-33-29-26-23-20-17-14-11-8-5-2/h7,9-10,12,16-21,25-29,31-32,35,37,40,42,45,51,54,61H,4-6,8,11,13-15,22-24,30,33-34,36,38-39,41,43-44,46-50,52-53,55-60H2,1-3H3/b10-7-,12-9-,19-16-,20-17-,21-18-,28-25-,29-26-,32-31-,35-27-,40-37-,45-42-,54-51-. The van der Waals surface area contributed by atoms with Crippen LogP contribution in [0.1, 0.15) is 213 Å². The second-order valence-electron chi connectivity index (χ2n) is 17.4. The van der Waals surface area contributed by atoms with Crippen molar-refractivity contribution in [2.75, 3.05) is 19.8 Å². The summed E-state index contributed by atoms with van der Waals surface area (Å²) in [5.41, 5.74) is 0. The Morgan fingerprint density at radius 1 is 0.353 bits per heavy atom. The van der Waals surface area contributed by atoms with Crippen LogP contribution in [0.2, 0.25) is 0 Å². The molecule has 1 unspecified atom stereocenters. The van der Waals surface area contributed by atoms with Gasteiger partial charge in [-0.1, -0.05) is 224 Å². The first kappa shape index (κ1) is 63.8. The molecular formula is C63H100O5. The Balaban J connectivity index is 4.48. The quantitative estimate of drug-likeness (QED) is 0.0346. The van der Waals surface area contributed by atoms with Crippen LogP contribution in [-0.4, -0.2) is 37.9 Å². The van der Waals surface area contributed by atoms with Crippen molar-refractivity contribution >= 4 is 11.9 Å². The molecule has 0 saturated heterocycles. The fraction of sp³-hybridized carbons (Fsp3) is 0.587. The van der Waals surface area contributed by atoms with Gasteiger partial charge in [-0.3, -0.25) is 9.59 Å². The normalized spacial score (nSPS) is 13.4. The average Bonchev–Trinajstić information content (AvgIpc) is 3.34. The van der Waals surface area contributed by atoms with Crippen molar-refractivity contribution in [2.45, 2.75) is 219 Å². The minimum Gasteiger partial charge on any atom is -0.462 e. The SMILES string of the molecule is CC/C=C\C/C=C\C/C=C\C/C=C\C/C=C\CCCCCCOCC(COC(=O)CCCCCCCCC/C=C\C/C=C\CCCCC)OC(=O)C/C=C\C/C=C\C/C=C\C/C=C\C/C=C\CC. The number of carbonyl (C=O) groups excluding carboxylic acids is 2. The van der Waals surface area contributed by atoms with Crippen LogP contribution in [0.15, 0.2) is 146 Å². The summed E-state index contributed by atoms with van der Waals surface area (Å²) in [6.45, 7) is 7.38. The Labute approximate surface area is 419 Å². The Kier molecular flexibility index (Phi) is 53.6. The van der Waals surface area contributed by atoms with Crippen molar-refractivity contribution in [1.82, 2.24) is 0 Å². The van der Waals surface area contributed by atoms with E-state index >= 15 is 0 Å². The molecule has 382 valence electrons. The van der Waals surface area contributed by atoms with Crippen LogP contribution in [0.5, 0.6) is 0 Å². The number of unbranched alkanes of at least 4 members (excludes halogenated alkanes) is 14. The lowest BCUT2D eigenvalue weighted by molar-refractivity contribution is -0.162. The lowest BCUT2D eigenvalue weighted by atomic mass is 10.1. The first-order valence-electron chi connectivity index (χ1n) is 27.4. The predicted molar refractivity (Wildman–Crippen MR) is 297 cm³/mol. The monoisotopic (exact) mass is 937 g/mol. The number of ether oxygens (including phenoxy) is 3. The zero-order valence-corrected chi connectivity index (χ0v) is 43.8. The average molecular weight is 937 g/mol. The fourth-order valence-electron chi connectivity index (χ4n) is 6.88. The topological polar surface area (TPSA) is 61.8 Å². The maximum atomic E-state index is 12.8. The van der Waals surface area contributed by atoms with Crippen LogP contribution in [0.25, 0.3) is 0 Å². The first-order valence-corrected chi connectivity index (χ1v) is 27.4. The summed E-state index contributed by atoms with van der Waals surface area (Å²) in [7, 11) is 0. The van der Waals surface area contributed by atoms with E-state index in [-0.39, 0.29) is 31.6 Å². The van der Waals surface area contributed by atoms with Gasteiger partial charge in [0.2, 0.25) is 0 Å². The summed E-state index contributed by atoms with van der Waals surface area (Å²) in [6, 6.07) is 0.